The van der Waals surface area contributed by atoms with Gasteiger partial charge < -0.3 is 25.4 Å². The molecule has 36 heavy (non-hydrogen) atoms. The molecule has 2 aliphatic heterocycles. The lowest BCUT2D eigenvalue weighted by Gasteiger charge is -2.29. The predicted molar refractivity (Wildman–Crippen MR) is 135 cm³/mol. The third-order valence-corrected chi connectivity index (χ3v) is 5.46. The molecule has 0 atom stereocenters. The molecule has 0 unspecified atom stereocenters. The van der Waals surface area contributed by atoms with Gasteiger partial charge in [-0.2, -0.15) is 0 Å². The van der Waals surface area contributed by atoms with Gasteiger partial charge in [-0.15, -0.1) is 0 Å². The molecule has 0 radical (unpaired) electrons. The number of ether oxygens (including phenoxy) is 2. The van der Waals surface area contributed by atoms with Crippen molar-refractivity contribution >= 4 is 30.1 Å². The molecule has 0 saturated carbocycles. The zero-order valence-corrected chi connectivity index (χ0v) is 21.0. The Kier molecular flexibility index (Phi) is 12.1. The van der Waals surface area contributed by atoms with Crippen LogP contribution in [0.1, 0.15) is 18.4 Å². The van der Waals surface area contributed by atoms with E-state index in [2.05, 4.69) is 33.0 Å². The van der Waals surface area contributed by atoms with Gasteiger partial charge in [-0.05, 0) is 37.5 Å². The number of carbonyl (C=O) groups excluding carboxylic acids is 4. The first kappa shape index (κ1) is 28.5. The highest BCUT2D eigenvalue weighted by Gasteiger charge is 2.32. The van der Waals surface area contributed by atoms with Gasteiger partial charge in [0.25, 0.3) is 0 Å². The molecular weight excluding hydrogens is 466 g/mol. The van der Waals surface area contributed by atoms with Crippen LogP contribution in [0.3, 0.4) is 0 Å². The summed E-state index contributed by atoms with van der Waals surface area (Å²) in [5.74, 6) is -0.604. The zero-order valence-electron chi connectivity index (χ0n) is 21.0. The smallest absolute Gasteiger partial charge is 0.337 e. The van der Waals surface area contributed by atoms with Gasteiger partial charge in [-0.3, -0.25) is 9.69 Å². The first-order valence-electron chi connectivity index (χ1n) is 11.7. The fourth-order valence-electron chi connectivity index (χ4n) is 3.63. The van der Waals surface area contributed by atoms with E-state index in [4.69, 9.17) is 9.47 Å². The maximum absolute atomic E-state index is 12.3. The van der Waals surface area contributed by atoms with Crippen molar-refractivity contribution in [3.63, 3.8) is 0 Å². The van der Waals surface area contributed by atoms with Crippen molar-refractivity contribution in [1.82, 2.24) is 20.4 Å². The third kappa shape index (κ3) is 9.16. The summed E-state index contributed by atoms with van der Waals surface area (Å²) in [5, 5.41) is 7.81. The second-order valence-electron chi connectivity index (χ2n) is 8.18. The van der Waals surface area contributed by atoms with Gasteiger partial charge in [0.2, 0.25) is 6.41 Å². The number of urea groups is 2. The van der Waals surface area contributed by atoms with E-state index in [0.717, 1.165) is 48.6 Å². The van der Waals surface area contributed by atoms with Crippen molar-refractivity contribution in [3.8, 4) is 0 Å². The van der Waals surface area contributed by atoms with E-state index in [-0.39, 0.29) is 18.7 Å². The molecule has 0 fully saturated rings. The van der Waals surface area contributed by atoms with Gasteiger partial charge >= 0.3 is 18.0 Å². The maximum atomic E-state index is 12.3. The first-order valence-corrected chi connectivity index (χ1v) is 11.7. The number of methoxy groups -OCH3 is 2. The molecule has 0 aromatic heterocycles. The van der Waals surface area contributed by atoms with E-state index in [9.17, 15) is 19.2 Å². The van der Waals surface area contributed by atoms with E-state index in [1.54, 1.807) is 0 Å². The van der Waals surface area contributed by atoms with Crippen molar-refractivity contribution in [3.05, 3.63) is 53.3 Å². The molecule has 1 aromatic rings. The van der Waals surface area contributed by atoms with E-state index >= 15 is 0 Å². The number of amides is 5. The zero-order chi connectivity index (χ0) is 26.3. The summed E-state index contributed by atoms with van der Waals surface area (Å²) in [6, 6.07) is 6.51. The standard InChI is InChI=1S/C17H26N4O5.C8H9NO/c1-25-12-14-13(15(22)26-2)11-21(17(24)19-14)16(23)18-7-6-10-20-8-4-3-5-9-20;1-7-3-2-4-8(5-7)9-6-10/h3-4H,5-12H2,1-2H3,(H,18,23)(H,19,24);2-6H,1H3,(H,9,10). The summed E-state index contributed by atoms with van der Waals surface area (Å²) < 4.78 is 9.70. The van der Waals surface area contributed by atoms with Gasteiger partial charge in [0.15, 0.2) is 0 Å². The van der Waals surface area contributed by atoms with E-state index in [1.807, 2.05) is 31.2 Å². The van der Waals surface area contributed by atoms with Crippen LogP contribution in [0.25, 0.3) is 0 Å². The molecule has 5 amide bonds. The Morgan fingerprint density at radius 2 is 2.03 bits per heavy atom. The summed E-state index contributed by atoms with van der Waals surface area (Å²) in [5.41, 5.74) is 2.50. The van der Waals surface area contributed by atoms with Crippen LogP contribution in [0.5, 0.6) is 0 Å². The highest BCUT2D eigenvalue weighted by atomic mass is 16.5. The number of nitrogens with one attached hydrogen (secondary N) is 3. The Morgan fingerprint density at radius 3 is 2.67 bits per heavy atom. The number of aryl methyl sites for hydroxylation is 1. The highest BCUT2D eigenvalue weighted by Crippen LogP contribution is 2.14. The second-order valence-corrected chi connectivity index (χ2v) is 8.18. The highest BCUT2D eigenvalue weighted by molar-refractivity contribution is 6.00. The summed E-state index contributed by atoms with van der Waals surface area (Å²) in [6.45, 7) is 5.16. The predicted octanol–water partition coefficient (Wildman–Crippen LogP) is 2.01. The number of hydrogen-bond donors (Lipinski definition) is 3. The monoisotopic (exact) mass is 501 g/mol. The van der Waals surface area contributed by atoms with Crippen LogP contribution in [0.15, 0.2) is 47.7 Å². The second kappa shape index (κ2) is 15.3. The van der Waals surface area contributed by atoms with E-state index in [1.165, 1.54) is 14.2 Å². The number of rotatable bonds is 9. The maximum Gasteiger partial charge on any atom is 0.337 e. The number of nitrogens with zero attached hydrogens (tertiary/aromatic N) is 2. The van der Waals surface area contributed by atoms with E-state index < -0.39 is 18.0 Å². The molecule has 2 aliphatic rings. The SMILES string of the molecule is COCC1=C(C(=O)OC)CN(C(=O)NCCCN2CC=CCC2)C(=O)N1.Cc1cccc(NC=O)c1. The van der Waals surface area contributed by atoms with Gasteiger partial charge in [0.1, 0.15) is 0 Å². The van der Waals surface area contributed by atoms with Crippen LogP contribution in [0.2, 0.25) is 0 Å². The van der Waals surface area contributed by atoms with Crippen LogP contribution in [0.4, 0.5) is 15.3 Å². The third-order valence-electron chi connectivity index (χ3n) is 5.46. The van der Waals surface area contributed by atoms with Crippen LogP contribution in [-0.4, -0.2) is 87.8 Å². The number of benzene rings is 1. The molecule has 0 bridgehead atoms. The first-order chi connectivity index (χ1) is 17.4. The topological polar surface area (TPSA) is 129 Å². The number of esters is 1. The van der Waals surface area contributed by atoms with Gasteiger partial charge in [0, 0.05) is 39.0 Å². The molecule has 11 nitrogen and oxygen atoms in total. The average Bonchev–Trinajstić information content (AvgIpc) is 2.87. The van der Waals surface area contributed by atoms with Crippen LogP contribution < -0.4 is 16.0 Å². The molecule has 3 rings (SSSR count). The Balaban J connectivity index is 0.000000380. The Morgan fingerprint density at radius 1 is 1.22 bits per heavy atom. The molecule has 0 spiro atoms. The van der Waals surface area contributed by atoms with Crippen molar-refractivity contribution in [2.45, 2.75) is 19.8 Å². The minimum absolute atomic E-state index is 0.0515. The summed E-state index contributed by atoms with van der Waals surface area (Å²) in [4.78, 5) is 49.6. The normalized spacial score (nSPS) is 15.4. The fourth-order valence-corrected chi connectivity index (χ4v) is 3.63. The molecular formula is C25H35N5O6. The summed E-state index contributed by atoms with van der Waals surface area (Å²) in [6.07, 6.45) is 6.81. The summed E-state index contributed by atoms with van der Waals surface area (Å²) in [7, 11) is 2.70. The molecule has 1 aromatic carbocycles. The molecule has 0 saturated heterocycles. The Labute approximate surface area is 211 Å². The minimum Gasteiger partial charge on any atom is -0.466 e. The van der Waals surface area contributed by atoms with Crippen molar-refractivity contribution < 1.29 is 28.7 Å². The summed E-state index contributed by atoms with van der Waals surface area (Å²) >= 11 is 0. The van der Waals surface area contributed by atoms with Crippen LogP contribution in [0, 0.1) is 6.92 Å². The van der Waals surface area contributed by atoms with Crippen molar-refractivity contribution in [2.75, 3.05) is 58.9 Å². The van der Waals surface area contributed by atoms with Crippen molar-refractivity contribution in [1.29, 1.82) is 0 Å². The van der Waals surface area contributed by atoms with Gasteiger partial charge in [-0.1, -0.05) is 24.3 Å². The average molecular weight is 502 g/mol. The number of anilines is 1. The molecule has 11 heteroatoms. The lowest BCUT2D eigenvalue weighted by Crippen LogP contribution is -2.54. The fraction of sp³-hybridized carbons (Fsp3) is 0.440. The largest absolute Gasteiger partial charge is 0.466 e. The Hall–Kier alpha value is -3.70. The molecule has 0 aliphatic carbocycles. The molecule has 196 valence electrons. The number of carbonyl (C=O) groups is 4. The van der Waals surface area contributed by atoms with E-state index in [0.29, 0.717) is 18.7 Å². The quantitative estimate of drug-likeness (QED) is 0.204. The molecule has 3 N–H and O–H groups in total. The van der Waals surface area contributed by atoms with Gasteiger partial charge in [-0.25, -0.2) is 19.3 Å². The van der Waals surface area contributed by atoms with Crippen LogP contribution >= 0.6 is 0 Å². The van der Waals surface area contributed by atoms with Crippen molar-refractivity contribution in [2.24, 2.45) is 0 Å². The van der Waals surface area contributed by atoms with Crippen LogP contribution in [-0.2, 0) is 19.1 Å². The Bertz CT molecular complexity index is 977. The number of hydrogen-bond acceptors (Lipinski definition) is 7. The van der Waals surface area contributed by atoms with Gasteiger partial charge in [0.05, 0.1) is 31.5 Å². The minimum atomic E-state index is -0.604. The lowest BCUT2D eigenvalue weighted by atomic mass is 10.1. The number of imide groups is 1. The lowest BCUT2D eigenvalue weighted by molar-refractivity contribution is -0.136. The molecule has 2 heterocycles.